The number of anilines is 3. The van der Waals surface area contributed by atoms with E-state index < -0.39 is 5.97 Å². The van der Waals surface area contributed by atoms with E-state index in [2.05, 4.69) is 10.3 Å². The molecule has 0 amide bonds. The Bertz CT molecular complexity index is 541. The fourth-order valence-corrected chi connectivity index (χ4v) is 1.44. The summed E-state index contributed by atoms with van der Waals surface area (Å²) in [6, 6.07) is 8.26. The second-order valence-electron chi connectivity index (χ2n) is 3.48. The zero-order valence-electron chi connectivity index (χ0n) is 8.92. The summed E-state index contributed by atoms with van der Waals surface area (Å²) in [5.41, 5.74) is 7.31. The minimum atomic E-state index is -1.02. The highest BCUT2D eigenvalue weighted by Gasteiger charge is 2.10. The van der Waals surface area contributed by atoms with Crippen molar-refractivity contribution in [3.8, 4) is 0 Å². The van der Waals surface area contributed by atoms with Crippen LogP contribution >= 0.6 is 0 Å². The molecule has 0 aliphatic heterocycles. The van der Waals surface area contributed by atoms with Gasteiger partial charge < -0.3 is 16.2 Å². The van der Waals surface area contributed by atoms with Crippen LogP contribution in [0.3, 0.4) is 0 Å². The minimum Gasteiger partial charge on any atom is -0.478 e. The predicted octanol–water partition coefficient (Wildman–Crippen LogP) is 2.11. The number of nitrogens with one attached hydrogen (secondary N) is 1. The standard InChI is InChI=1S/C12H11N3O2/c13-8-3-4-11(10(6-8)12(16)17)15-9-2-1-5-14-7-9/h1-7,15H,13H2,(H,16,17). The molecule has 0 spiro atoms. The van der Waals surface area contributed by atoms with E-state index in [0.29, 0.717) is 11.4 Å². The third-order valence-corrected chi connectivity index (χ3v) is 2.21. The van der Waals surface area contributed by atoms with Crippen LogP contribution in [0.1, 0.15) is 10.4 Å². The minimum absolute atomic E-state index is 0.133. The van der Waals surface area contributed by atoms with Gasteiger partial charge in [-0.15, -0.1) is 0 Å². The maximum atomic E-state index is 11.1. The number of aromatic nitrogens is 1. The van der Waals surface area contributed by atoms with E-state index in [-0.39, 0.29) is 5.56 Å². The summed E-state index contributed by atoms with van der Waals surface area (Å²) in [5, 5.41) is 12.0. The lowest BCUT2D eigenvalue weighted by Gasteiger charge is -2.09. The molecule has 0 saturated heterocycles. The van der Waals surface area contributed by atoms with Crippen molar-refractivity contribution in [3.63, 3.8) is 0 Å². The molecule has 0 bridgehead atoms. The summed E-state index contributed by atoms with van der Waals surface area (Å²) in [6.45, 7) is 0. The van der Waals surface area contributed by atoms with E-state index in [1.54, 1.807) is 36.7 Å². The number of hydrogen-bond acceptors (Lipinski definition) is 4. The molecule has 2 rings (SSSR count). The van der Waals surface area contributed by atoms with Crippen LogP contribution in [0, 0.1) is 0 Å². The van der Waals surface area contributed by atoms with Gasteiger partial charge >= 0.3 is 5.97 Å². The quantitative estimate of drug-likeness (QED) is 0.701. The van der Waals surface area contributed by atoms with Crippen LogP contribution in [-0.2, 0) is 0 Å². The van der Waals surface area contributed by atoms with Crippen molar-refractivity contribution in [2.75, 3.05) is 11.1 Å². The van der Waals surface area contributed by atoms with Gasteiger partial charge in [-0.2, -0.15) is 0 Å². The van der Waals surface area contributed by atoms with Gasteiger partial charge in [0, 0.05) is 11.9 Å². The molecule has 0 unspecified atom stereocenters. The Morgan fingerprint density at radius 1 is 1.35 bits per heavy atom. The molecule has 86 valence electrons. The number of carbonyl (C=O) groups is 1. The molecular weight excluding hydrogens is 218 g/mol. The zero-order chi connectivity index (χ0) is 12.3. The molecule has 0 fully saturated rings. The van der Waals surface area contributed by atoms with Gasteiger partial charge in [0.15, 0.2) is 0 Å². The molecular formula is C12H11N3O2. The van der Waals surface area contributed by atoms with Gasteiger partial charge in [-0.1, -0.05) is 0 Å². The van der Waals surface area contributed by atoms with E-state index in [4.69, 9.17) is 10.8 Å². The first-order valence-corrected chi connectivity index (χ1v) is 4.96. The molecule has 0 aliphatic rings. The molecule has 2 aromatic rings. The van der Waals surface area contributed by atoms with E-state index >= 15 is 0 Å². The molecule has 0 atom stereocenters. The van der Waals surface area contributed by atoms with E-state index in [9.17, 15) is 4.79 Å². The maximum Gasteiger partial charge on any atom is 0.337 e. The Hall–Kier alpha value is -2.56. The van der Waals surface area contributed by atoms with Gasteiger partial charge in [-0.25, -0.2) is 4.79 Å². The average molecular weight is 229 g/mol. The number of carboxylic acid groups (broad SMARTS) is 1. The number of hydrogen-bond donors (Lipinski definition) is 3. The van der Waals surface area contributed by atoms with Crippen LogP contribution in [-0.4, -0.2) is 16.1 Å². The number of aromatic carboxylic acids is 1. The van der Waals surface area contributed by atoms with Crippen molar-refractivity contribution < 1.29 is 9.90 Å². The lowest BCUT2D eigenvalue weighted by atomic mass is 10.1. The monoisotopic (exact) mass is 229 g/mol. The highest BCUT2D eigenvalue weighted by atomic mass is 16.4. The molecule has 1 heterocycles. The zero-order valence-corrected chi connectivity index (χ0v) is 8.92. The molecule has 0 radical (unpaired) electrons. The smallest absolute Gasteiger partial charge is 0.337 e. The Morgan fingerprint density at radius 2 is 2.18 bits per heavy atom. The Balaban J connectivity index is 2.36. The Kier molecular flexibility index (Phi) is 2.91. The topological polar surface area (TPSA) is 88.2 Å². The number of nitrogens with zero attached hydrogens (tertiary/aromatic N) is 1. The first kappa shape index (κ1) is 10.9. The summed E-state index contributed by atoms with van der Waals surface area (Å²) in [5.74, 6) is -1.02. The number of rotatable bonds is 3. The first-order valence-electron chi connectivity index (χ1n) is 4.96. The van der Waals surface area contributed by atoms with Gasteiger partial charge in [-0.05, 0) is 30.3 Å². The van der Waals surface area contributed by atoms with Crippen molar-refractivity contribution in [2.24, 2.45) is 0 Å². The average Bonchev–Trinajstić information content (AvgIpc) is 2.32. The lowest BCUT2D eigenvalue weighted by molar-refractivity contribution is 0.0698. The largest absolute Gasteiger partial charge is 0.478 e. The SMILES string of the molecule is Nc1ccc(Nc2cccnc2)c(C(=O)O)c1. The first-order chi connectivity index (χ1) is 8.16. The van der Waals surface area contributed by atoms with Crippen LogP contribution in [0.5, 0.6) is 0 Å². The van der Waals surface area contributed by atoms with Gasteiger partial charge in [-0.3, -0.25) is 4.98 Å². The van der Waals surface area contributed by atoms with E-state index in [1.165, 1.54) is 6.07 Å². The fourth-order valence-electron chi connectivity index (χ4n) is 1.44. The van der Waals surface area contributed by atoms with Gasteiger partial charge in [0.05, 0.1) is 23.1 Å². The van der Waals surface area contributed by atoms with Crippen LogP contribution in [0.15, 0.2) is 42.7 Å². The van der Waals surface area contributed by atoms with Gasteiger partial charge in [0.2, 0.25) is 0 Å². The van der Waals surface area contributed by atoms with Crippen molar-refractivity contribution in [1.29, 1.82) is 0 Å². The third-order valence-electron chi connectivity index (χ3n) is 2.21. The highest BCUT2D eigenvalue weighted by Crippen LogP contribution is 2.22. The van der Waals surface area contributed by atoms with Crippen molar-refractivity contribution in [1.82, 2.24) is 4.98 Å². The van der Waals surface area contributed by atoms with E-state index in [0.717, 1.165) is 5.69 Å². The predicted molar refractivity (Wildman–Crippen MR) is 65.3 cm³/mol. The van der Waals surface area contributed by atoms with Crippen molar-refractivity contribution in [2.45, 2.75) is 0 Å². The molecule has 4 N–H and O–H groups in total. The molecule has 1 aromatic heterocycles. The van der Waals surface area contributed by atoms with E-state index in [1.807, 2.05) is 0 Å². The summed E-state index contributed by atoms with van der Waals surface area (Å²) < 4.78 is 0. The molecule has 1 aromatic carbocycles. The summed E-state index contributed by atoms with van der Waals surface area (Å²) in [6.07, 6.45) is 3.26. The highest BCUT2D eigenvalue weighted by molar-refractivity contribution is 5.96. The second-order valence-corrected chi connectivity index (χ2v) is 3.48. The van der Waals surface area contributed by atoms with Crippen LogP contribution in [0.4, 0.5) is 17.1 Å². The van der Waals surface area contributed by atoms with Crippen molar-refractivity contribution in [3.05, 3.63) is 48.3 Å². The fraction of sp³-hybridized carbons (Fsp3) is 0. The maximum absolute atomic E-state index is 11.1. The summed E-state index contributed by atoms with van der Waals surface area (Å²) in [7, 11) is 0. The molecule has 17 heavy (non-hydrogen) atoms. The summed E-state index contributed by atoms with van der Waals surface area (Å²) in [4.78, 5) is 15.0. The second kappa shape index (κ2) is 4.52. The third kappa shape index (κ3) is 2.52. The van der Waals surface area contributed by atoms with Crippen molar-refractivity contribution >= 4 is 23.0 Å². The molecule has 0 aliphatic carbocycles. The number of benzene rings is 1. The number of nitrogen functional groups attached to an aromatic ring is 1. The summed E-state index contributed by atoms with van der Waals surface area (Å²) >= 11 is 0. The van der Waals surface area contributed by atoms with Gasteiger partial charge in [0.1, 0.15) is 0 Å². The normalized spacial score (nSPS) is 9.88. The number of carboxylic acids is 1. The van der Waals surface area contributed by atoms with Crippen LogP contribution in [0.25, 0.3) is 0 Å². The van der Waals surface area contributed by atoms with Gasteiger partial charge in [0.25, 0.3) is 0 Å². The number of pyridine rings is 1. The van der Waals surface area contributed by atoms with Crippen LogP contribution in [0.2, 0.25) is 0 Å². The number of nitrogens with two attached hydrogens (primary N) is 1. The lowest BCUT2D eigenvalue weighted by Crippen LogP contribution is -2.03. The van der Waals surface area contributed by atoms with Crippen LogP contribution < -0.4 is 11.1 Å². The Labute approximate surface area is 97.9 Å². The molecule has 5 nitrogen and oxygen atoms in total. The molecule has 5 heteroatoms. The molecule has 0 saturated carbocycles. The Morgan fingerprint density at radius 3 is 2.82 bits per heavy atom.